The summed E-state index contributed by atoms with van der Waals surface area (Å²) in [6.45, 7) is 6.80. The summed E-state index contributed by atoms with van der Waals surface area (Å²) < 4.78 is 104. The van der Waals surface area contributed by atoms with Crippen LogP contribution < -0.4 is 0 Å². The van der Waals surface area contributed by atoms with Crippen LogP contribution in [0.5, 0.6) is 0 Å². The molecule has 108 heavy (non-hydrogen) atoms. The number of rotatable bonds is 23. The van der Waals surface area contributed by atoms with Crippen molar-refractivity contribution in [2.24, 2.45) is 0 Å². The first-order valence-corrected chi connectivity index (χ1v) is 34.8. The predicted octanol–water partition coefficient (Wildman–Crippen LogP) is 9.85. The summed E-state index contributed by atoms with van der Waals surface area (Å²) >= 11 is 0. The molecule has 0 saturated carbocycles. The summed E-state index contributed by atoms with van der Waals surface area (Å²) in [5.41, 5.74) is 0.0852. The van der Waals surface area contributed by atoms with Crippen LogP contribution in [0.2, 0.25) is 0 Å². The Morgan fingerprint density at radius 1 is 0.231 bits per heavy atom. The minimum Gasteiger partial charge on any atom is -0.455 e. The number of aliphatic hydroxyl groups excluding tert-OH is 1. The van der Waals surface area contributed by atoms with E-state index < -0.39 is 177 Å². The largest absolute Gasteiger partial charge is 0.455 e. The van der Waals surface area contributed by atoms with Crippen LogP contribution in [0.3, 0.4) is 0 Å². The van der Waals surface area contributed by atoms with Gasteiger partial charge in [0.05, 0.1) is 68.9 Å². The summed E-state index contributed by atoms with van der Waals surface area (Å²) in [4.78, 5) is 131. The van der Waals surface area contributed by atoms with E-state index in [0.29, 0.717) is 0 Å². The van der Waals surface area contributed by atoms with Crippen LogP contribution in [0.15, 0.2) is 243 Å². The summed E-state index contributed by atoms with van der Waals surface area (Å²) in [6.07, 6.45) is -36.4. The first-order valence-electron chi connectivity index (χ1n) is 34.8. The molecule has 4 fully saturated rings. The van der Waals surface area contributed by atoms with Gasteiger partial charge in [-0.25, -0.2) is 38.4 Å². The molecule has 0 radical (unpaired) electrons. The smallest absolute Gasteiger partial charge is 0.338 e. The molecule has 4 aliphatic rings. The van der Waals surface area contributed by atoms with Crippen molar-refractivity contribution in [3.8, 4) is 0 Å². The molecule has 0 aromatic heterocycles. The van der Waals surface area contributed by atoms with E-state index >= 15 is 4.79 Å². The van der Waals surface area contributed by atoms with Crippen molar-refractivity contribution in [3.05, 3.63) is 287 Å². The topological polar surface area (TPSA) is 322 Å². The molecular weight excluding hydrogens is 1400 g/mol. The second-order valence-electron chi connectivity index (χ2n) is 25.6. The van der Waals surface area contributed by atoms with E-state index in [1.54, 1.807) is 146 Å². The van der Waals surface area contributed by atoms with E-state index in [4.69, 9.17) is 75.8 Å². The Kier molecular flexibility index (Phi) is 25.0. The molecule has 0 spiro atoms. The Hall–Kier alpha value is -11.3. The monoisotopic (exact) mass is 1480 g/mol. The van der Waals surface area contributed by atoms with Crippen LogP contribution in [-0.4, -0.2) is 182 Å². The molecule has 20 atom stereocenters. The van der Waals surface area contributed by atoms with Crippen LogP contribution in [0.25, 0.3) is 0 Å². The molecule has 1 N–H and O–H groups in total. The molecule has 26 nitrogen and oxygen atoms in total. The molecule has 0 unspecified atom stereocenters. The quantitative estimate of drug-likeness (QED) is 0.0459. The van der Waals surface area contributed by atoms with Crippen molar-refractivity contribution in [2.75, 3.05) is 0 Å². The van der Waals surface area contributed by atoms with Crippen molar-refractivity contribution in [1.82, 2.24) is 0 Å². The van der Waals surface area contributed by atoms with Gasteiger partial charge in [-0.15, -0.1) is 0 Å². The zero-order valence-corrected chi connectivity index (χ0v) is 58.8. The number of aliphatic hydroxyl groups is 1. The molecule has 4 aliphatic heterocycles. The lowest BCUT2D eigenvalue weighted by atomic mass is 9.95. The van der Waals surface area contributed by atoms with Crippen molar-refractivity contribution < 1.29 is 124 Å². The highest BCUT2D eigenvalue weighted by Crippen LogP contribution is 2.41. The SMILES string of the molecule is CC(=O)O[C@@H]1[C@@H](OC(=O)c2ccccc2)[C@H](C)O[C@@H](O[C@@H]2[C@@H](OC(=O)c3ccccc3)[C@H](C)O[C@@H](O[C@@H]3[C@@H](OC(=O)c4ccccc4)[C@H](C)O[C@@H](O)[C@@H]3OC(=O)c3ccccc3)[C@@H]2OC(=O)c2ccccc2)[C@@H]1O[C@@H]1O[C@@H](C)[C@H](OC(=O)c2ccccc2)[C@@H](OC(=O)c2ccccc2)[C@H]1OC(=O)c1ccccc1. The molecule has 0 bridgehead atoms. The Morgan fingerprint density at radius 3 is 0.685 bits per heavy atom. The van der Waals surface area contributed by atoms with Gasteiger partial charge in [0.15, 0.2) is 86.2 Å². The minimum absolute atomic E-state index is 0.00414. The van der Waals surface area contributed by atoms with Gasteiger partial charge in [-0.3, -0.25) is 4.79 Å². The van der Waals surface area contributed by atoms with E-state index in [9.17, 15) is 43.5 Å². The lowest BCUT2D eigenvalue weighted by molar-refractivity contribution is -0.388. The fraction of sp³-hybridized carbons (Fsp3) is 0.305. The third-order valence-corrected chi connectivity index (χ3v) is 18.1. The maximum Gasteiger partial charge on any atom is 0.338 e. The van der Waals surface area contributed by atoms with Crippen LogP contribution in [0.1, 0.15) is 117 Å². The fourth-order valence-electron chi connectivity index (χ4n) is 12.8. The minimum atomic E-state index is -2.13. The van der Waals surface area contributed by atoms with E-state index in [1.807, 2.05) is 0 Å². The van der Waals surface area contributed by atoms with Crippen LogP contribution >= 0.6 is 0 Å². The van der Waals surface area contributed by atoms with Crippen molar-refractivity contribution in [1.29, 1.82) is 0 Å². The zero-order valence-electron chi connectivity index (χ0n) is 58.8. The third kappa shape index (κ3) is 18.4. The van der Waals surface area contributed by atoms with E-state index in [0.717, 1.165) is 6.92 Å². The molecule has 560 valence electrons. The number of ether oxygens (including phenoxy) is 16. The third-order valence-electron chi connectivity index (χ3n) is 18.1. The molecular formula is C82H76O26. The van der Waals surface area contributed by atoms with E-state index in [2.05, 4.69) is 0 Å². The zero-order chi connectivity index (χ0) is 76.0. The average Bonchev–Trinajstić information content (AvgIpc) is 0.757. The normalized spacial score (nSPS) is 28.0. The maximum absolute atomic E-state index is 15.1. The molecule has 0 amide bonds. The van der Waals surface area contributed by atoms with Gasteiger partial charge in [0.2, 0.25) is 0 Å². The fourth-order valence-corrected chi connectivity index (χ4v) is 12.8. The Labute approximate surface area is 619 Å². The standard InChI is InChI=1S/C82H76O26/c1-46-59(98-71(84)51-30-14-6-15-31-51)63(67(79(92)93-46)103-76(89)56-40-24-11-25-41-56)106-80-69(105-78(91)58-44-28-13-29-45-58)66(62(49(4)94-80)101-74(87)54-36-20-9-21-37-54)107-82-70(64(97-50(5)83)60(47(2)96-82)99-72(85)52-32-16-7-17-33-52)108-81-68(104-77(90)57-42-26-12-27-43-57)65(102-75(88)55-38-22-10-23-39-55)61(48(3)95-81)100-73(86)53-34-18-8-19-35-53/h6-49,59-70,79-82,92H,1-5H3/t46-,47-,48-,49-,59-,60-,61-,62-,63+,64+,65+,66+,67+,68+,69+,70+,79+,80-,81-,82-/m0/s1. The van der Waals surface area contributed by atoms with Gasteiger partial charge >= 0.3 is 53.7 Å². The summed E-state index contributed by atoms with van der Waals surface area (Å²) in [7, 11) is 0. The van der Waals surface area contributed by atoms with Gasteiger partial charge in [0.25, 0.3) is 0 Å². The Bertz CT molecular complexity index is 4310. The highest BCUT2D eigenvalue weighted by Gasteiger charge is 2.61. The van der Waals surface area contributed by atoms with Gasteiger partial charge in [-0.1, -0.05) is 146 Å². The highest BCUT2D eigenvalue weighted by molar-refractivity contribution is 5.93. The Balaban J connectivity index is 1.02. The van der Waals surface area contributed by atoms with Gasteiger partial charge in [0, 0.05) is 6.92 Å². The lowest BCUT2D eigenvalue weighted by Gasteiger charge is -2.51. The van der Waals surface area contributed by atoms with Gasteiger partial charge < -0.3 is 80.9 Å². The summed E-state index contributed by atoms with van der Waals surface area (Å²) in [5, 5.41) is 12.0. The number of hydrogen-bond acceptors (Lipinski definition) is 26. The summed E-state index contributed by atoms with van der Waals surface area (Å²) in [5.74, 6) is -8.92. The second kappa shape index (κ2) is 35.4. The average molecular weight is 1480 g/mol. The van der Waals surface area contributed by atoms with Crippen molar-refractivity contribution in [2.45, 2.75) is 157 Å². The predicted molar refractivity (Wildman–Crippen MR) is 375 cm³/mol. The van der Waals surface area contributed by atoms with Crippen LogP contribution in [0.4, 0.5) is 0 Å². The maximum atomic E-state index is 15.1. The highest BCUT2D eigenvalue weighted by atomic mass is 16.8. The number of esters is 9. The molecule has 4 saturated heterocycles. The van der Waals surface area contributed by atoms with E-state index in [-0.39, 0.29) is 44.5 Å². The first kappa shape index (κ1) is 76.3. The molecule has 26 heteroatoms. The Morgan fingerprint density at radius 2 is 0.417 bits per heavy atom. The molecule has 12 rings (SSSR count). The van der Waals surface area contributed by atoms with Crippen LogP contribution in [0, 0.1) is 0 Å². The number of carbonyl (C=O) groups excluding carboxylic acids is 9. The molecule has 8 aromatic rings. The number of carbonyl (C=O) groups is 9. The van der Waals surface area contributed by atoms with Gasteiger partial charge in [-0.05, 0) is 125 Å². The second-order valence-corrected chi connectivity index (χ2v) is 25.6. The first-order chi connectivity index (χ1) is 52.3. The molecule has 8 aromatic carbocycles. The summed E-state index contributed by atoms with van der Waals surface area (Å²) in [6, 6.07) is 61.6. The van der Waals surface area contributed by atoms with Crippen molar-refractivity contribution >= 4 is 53.7 Å². The lowest BCUT2D eigenvalue weighted by Crippen LogP contribution is -2.68. The van der Waals surface area contributed by atoms with Crippen LogP contribution in [-0.2, 0) is 80.6 Å². The van der Waals surface area contributed by atoms with Crippen molar-refractivity contribution in [3.63, 3.8) is 0 Å². The van der Waals surface area contributed by atoms with Gasteiger partial charge in [0.1, 0.15) is 12.2 Å². The van der Waals surface area contributed by atoms with Gasteiger partial charge in [-0.2, -0.15) is 0 Å². The molecule has 0 aliphatic carbocycles. The number of hydrogen-bond donors (Lipinski definition) is 1. The number of benzene rings is 8. The van der Waals surface area contributed by atoms with E-state index in [1.165, 1.54) is 125 Å². The molecule has 4 heterocycles.